The number of para-hydroxylation sites is 1. The Bertz CT molecular complexity index is 581. The molecule has 0 aliphatic rings. The largest absolute Gasteiger partial charge is 0.493 e. The summed E-state index contributed by atoms with van der Waals surface area (Å²) in [6, 6.07) is 9.44. The van der Waals surface area contributed by atoms with Crippen LogP contribution in [0, 0.1) is 0 Å². The summed E-state index contributed by atoms with van der Waals surface area (Å²) in [5.74, 6) is 0.809. The molecule has 5 heteroatoms. The standard InChI is InChI=1S/C14H17N3O2/c15-11-12-5-1-2-6-13(12)19-10-4-9-17-8-3-7-16-14(17)18/h1-3,5-8H,4,9-11,15H2. The van der Waals surface area contributed by atoms with Gasteiger partial charge >= 0.3 is 5.69 Å². The molecule has 0 aliphatic carbocycles. The van der Waals surface area contributed by atoms with E-state index in [1.165, 1.54) is 6.20 Å². The van der Waals surface area contributed by atoms with Crippen LogP contribution in [-0.2, 0) is 13.1 Å². The number of nitrogens with zero attached hydrogens (tertiary/aromatic N) is 2. The van der Waals surface area contributed by atoms with Gasteiger partial charge in [0.15, 0.2) is 0 Å². The molecule has 0 fully saturated rings. The lowest BCUT2D eigenvalue weighted by Gasteiger charge is -2.10. The molecule has 0 atom stereocenters. The van der Waals surface area contributed by atoms with Gasteiger partial charge in [0.2, 0.25) is 0 Å². The highest BCUT2D eigenvalue weighted by molar-refractivity contribution is 5.32. The molecular formula is C14H17N3O2. The lowest BCUT2D eigenvalue weighted by atomic mass is 10.2. The van der Waals surface area contributed by atoms with Crippen LogP contribution in [0.2, 0.25) is 0 Å². The molecule has 2 rings (SSSR count). The molecule has 100 valence electrons. The fourth-order valence-corrected chi connectivity index (χ4v) is 1.79. The fourth-order valence-electron chi connectivity index (χ4n) is 1.79. The van der Waals surface area contributed by atoms with E-state index in [4.69, 9.17) is 10.5 Å². The molecule has 0 spiro atoms. The summed E-state index contributed by atoms with van der Waals surface area (Å²) in [6.45, 7) is 1.59. The van der Waals surface area contributed by atoms with Crippen LogP contribution in [0.25, 0.3) is 0 Å². The van der Waals surface area contributed by atoms with Crippen molar-refractivity contribution < 1.29 is 4.74 Å². The van der Waals surface area contributed by atoms with E-state index in [2.05, 4.69) is 4.98 Å². The summed E-state index contributed by atoms with van der Waals surface area (Å²) in [7, 11) is 0. The SMILES string of the molecule is NCc1ccccc1OCCCn1cccnc1=O. The molecule has 0 saturated carbocycles. The number of rotatable bonds is 6. The number of nitrogens with two attached hydrogens (primary N) is 1. The van der Waals surface area contributed by atoms with Crippen molar-refractivity contribution in [2.45, 2.75) is 19.5 Å². The van der Waals surface area contributed by atoms with Crippen LogP contribution in [0.15, 0.2) is 47.5 Å². The van der Waals surface area contributed by atoms with Gasteiger partial charge in [-0.15, -0.1) is 0 Å². The van der Waals surface area contributed by atoms with E-state index in [9.17, 15) is 4.79 Å². The minimum Gasteiger partial charge on any atom is -0.493 e. The van der Waals surface area contributed by atoms with Crippen LogP contribution in [0.4, 0.5) is 0 Å². The molecular weight excluding hydrogens is 242 g/mol. The second kappa shape index (κ2) is 6.70. The molecule has 0 aliphatic heterocycles. The minimum absolute atomic E-state index is 0.232. The zero-order valence-electron chi connectivity index (χ0n) is 10.7. The topological polar surface area (TPSA) is 70.1 Å². The van der Waals surface area contributed by atoms with Gasteiger partial charge in [-0.05, 0) is 18.6 Å². The van der Waals surface area contributed by atoms with Crippen LogP contribution in [0.5, 0.6) is 5.75 Å². The molecule has 0 amide bonds. The number of aromatic nitrogens is 2. The van der Waals surface area contributed by atoms with Gasteiger partial charge in [0.1, 0.15) is 5.75 Å². The van der Waals surface area contributed by atoms with Gasteiger partial charge in [-0.3, -0.25) is 4.57 Å². The summed E-state index contributed by atoms with van der Waals surface area (Å²) in [6.07, 6.45) is 3.96. The average molecular weight is 259 g/mol. The third kappa shape index (κ3) is 3.66. The Balaban J connectivity index is 1.84. The summed E-state index contributed by atoms with van der Waals surface area (Å²) in [5, 5.41) is 0. The Morgan fingerprint density at radius 3 is 2.89 bits per heavy atom. The number of ether oxygens (including phenoxy) is 1. The lowest BCUT2D eigenvalue weighted by molar-refractivity contribution is 0.297. The van der Waals surface area contributed by atoms with E-state index < -0.39 is 0 Å². The molecule has 2 N–H and O–H groups in total. The molecule has 0 unspecified atom stereocenters. The predicted molar refractivity (Wildman–Crippen MR) is 72.9 cm³/mol. The molecule has 1 aromatic carbocycles. The Morgan fingerprint density at radius 1 is 1.26 bits per heavy atom. The van der Waals surface area contributed by atoms with E-state index in [0.717, 1.165) is 17.7 Å². The fraction of sp³-hybridized carbons (Fsp3) is 0.286. The monoisotopic (exact) mass is 259 g/mol. The van der Waals surface area contributed by atoms with E-state index in [1.54, 1.807) is 16.8 Å². The van der Waals surface area contributed by atoms with Gasteiger partial charge in [-0.25, -0.2) is 9.78 Å². The van der Waals surface area contributed by atoms with Crippen molar-refractivity contribution in [3.8, 4) is 5.75 Å². The highest BCUT2D eigenvalue weighted by Gasteiger charge is 2.01. The van der Waals surface area contributed by atoms with Gasteiger partial charge in [0, 0.05) is 31.0 Å². The Morgan fingerprint density at radius 2 is 2.11 bits per heavy atom. The van der Waals surface area contributed by atoms with Crippen molar-refractivity contribution in [2.75, 3.05) is 6.61 Å². The smallest absolute Gasteiger partial charge is 0.347 e. The van der Waals surface area contributed by atoms with Gasteiger partial charge in [-0.1, -0.05) is 18.2 Å². The first-order valence-corrected chi connectivity index (χ1v) is 6.23. The van der Waals surface area contributed by atoms with E-state index in [0.29, 0.717) is 19.7 Å². The van der Waals surface area contributed by atoms with Crippen LogP contribution in [0.1, 0.15) is 12.0 Å². The van der Waals surface area contributed by atoms with Crippen LogP contribution in [-0.4, -0.2) is 16.2 Å². The summed E-state index contributed by atoms with van der Waals surface area (Å²) in [4.78, 5) is 15.1. The third-order valence-corrected chi connectivity index (χ3v) is 2.78. The second-order valence-corrected chi connectivity index (χ2v) is 4.11. The molecule has 19 heavy (non-hydrogen) atoms. The van der Waals surface area contributed by atoms with Gasteiger partial charge in [0.05, 0.1) is 6.61 Å². The molecule has 5 nitrogen and oxygen atoms in total. The third-order valence-electron chi connectivity index (χ3n) is 2.78. The van der Waals surface area contributed by atoms with Gasteiger partial charge in [-0.2, -0.15) is 0 Å². The predicted octanol–water partition coefficient (Wildman–Crippen LogP) is 1.17. The maximum atomic E-state index is 11.4. The maximum absolute atomic E-state index is 11.4. The molecule has 0 bridgehead atoms. The average Bonchev–Trinajstić information content (AvgIpc) is 2.45. The minimum atomic E-state index is -0.232. The van der Waals surface area contributed by atoms with E-state index in [1.807, 2.05) is 24.3 Å². The van der Waals surface area contributed by atoms with Crippen molar-refractivity contribution >= 4 is 0 Å². The highest BCUT2D eigenvalue weighted by atomic mass is 16.5. The molecule has 2 aromatic rings. The summed E-state index contributed by atoms with van der Waals surface area (Å²) in [5.41, 5.74) is 6.39. The summed E-state index contributed by atoms with van der Waals surface area (Å²) >= 11 is 0. The highest BCUT2D eigenvalue weighted by Crippen LogP contribution is 2.17. The second-order valence-electron chi connectivity index (χ2n) is 4.11. The zero-order chi connectivity index (χ0) is 13.5. The van der Waals surface area contributed by atoms with Gasteiger partial charge in [0.25, 0.3) is 0 Å². The van der Waals surface area contributed by atoms with Crippen LogP contribution >= 0.6 is 0 Å². The van der Waals surface area contributed by atoms with E-state index >= 15 is 0 Å². The molecule has 0 radical (unpaired) electrons. The molecule has 1 heterocycles. The molecule has 1 aromatic heterocycles. The maximum Gasteiger partial charge on any atom is 0.347 e. The number of hydrogen-bond donors (Lipinski definition) is 1. The normalized spacial score (nSPS) is 10.4. The zero-order valence-corrected chi connectivity index (χ0v) is 10.7. The van der Waals surface area contributed by atoms with E-state index in [-0.39, 0.29) is 5.69 Å². The van der Waals surface area contributed by atoms with Crippen molar-refractivity contribution in [3.05, 3.63) is 58.8 Å². The quantitative estimate of drug-likeness (QED) is 0.791. The van der Waals surface area contributed by atoms with Gasteiger partial charge < -0.3 is 10.5 Å². The summed E-state index contributed by atoms with van der Waals surface area (Å²) < 4.78 is 7.24. The van der Waals surface area contributed by atoms with Crippen molar-refractivity contribution in [2.24, 2.45) is 5.73 Å². The van der Waals surface area contributed by atoms with Crippen molar-refractivity contribution in [3.63, 3.8) is 0 Å². The van der Waals surface area contributed by atoms with Crippen molar-refractivity contribution in [1.29, 1.82) is 0 Å². The Labute approximate surface area is 111 Å². The number of hydrogen-bond acceptors (Lipinski definition) is 4. The van der Waals surface area contributed by atoms with Crippen LogP contribution in [0.3, 0.4) is 0 Å². The van der Waals surface area contributed by atoms with Crippen LogP contribution < -0.4 is 16.2 Å². The number of benzene rings is 1. The Kier molecular flexibility index (Phi) is 4.69. The van der Waals surface area contributed by atoms with Crippen molar-refractivity contribution in [1.82, 2.24) is 9.55 Å². The first kappa shape index (κ1) is 13.3. The Hall–Kier alpha value is -2.14. The molecule has 0 saturated heterocycles. The lowest BCUT2D eigenvalue weighted by Crippen LogP contribution is -2.22. The first-order valence-electron chi connectivity index (χ1n) is 6.23. The number of aryl methyl sites for hydroxylation is 1. The first-order chi connectivity index (χ1) is 9.31.